The van der Waals surface area contributed by atoms with E-state index in [1.807, 2.05) is 0 Å². The van der Waals surface area contributed by atoms with E-state index in [1.54, 1.807) is 7.11 Å². The first-order valence-electron chi connectivity index (χ1n) is 5.59. The molecule has 18 heavy (non-hydrogen) atoms. The minimum atomic E-state index is -1.05. The van der Waals surface area contributed by atoms with E-state index in [2.05, 4.69) is 15.3 Å². The van der Waals surface area contributed by atoms with Crippen molar-refractivity contribution in [1.29, 1.82) is 0 Å². The lowest BCUT2D eigenvalue weighted by Crippen LogP contribution is -2.12. The number of hydrogen-bond acceptors (Lipinski definition) is 6. The molecule has 0 atom stereocenters. The van der Waals surface area contributed by atoms with Crippen LogP contribution in [0.25, 0.3) is 0 Å². The molecule has 2 N–H and O–H groups in total. The normalized spacial score (nSPS) is 10.3. The van der Waals surface area contributed by atoms with Gasteiger partial charge in [-0.25, -0.2) is 14.8 Å². The van der Waals surface area contributed by atoms with Gasteiger partial charge in [-0.3, -0.25) is 0 Å². The van der Waals surface area contributed by atoms with Crippen molar-refractivity contribution in [3.8, 4) is 0 Å². The summed E-state index contributed by atoms with van der Waals surface area (Å²) in [5.74, 6) is -0.719. The van der Waals surface area contributed by atoms with Crippen LogP contribution in [-0.2, 0) is 9.47 Å². The maximum Gasteiger partial charge on any atom is 0.341 e. The van der Waals surface area contributed by atoms with E-state index >= 15 is 0 Å². The molecular weight excluding hydrogens is 238 g/mol. The van der Waals surface area contributed by atoms with E-state index in [-0.39, 0.29) is 5.56 Å². The molecule has 0 saturated carbocycles. The van der Waals surface area contributed by atoms with Gasteiger partial charge in [0.05, 0.1) is 13.2 Å². The smallest absolute Gasteiger partial charge is 0.341 e. The number of ether oxygens (including phenoxy) is 2. The second kappa shape index (κ2) is 8.37. The summed E-state index contributed by atoms with van der Waals surface area (Å²) >= 11 is 0. The van der Waals surface area contributed by atoms with Crippen molar-refractivity contribution in [2.24, 2.45) is 0 Å². The van der Waals surface area contributed by atoms with Crippen LogP contribution < -0.4 is 5.32 Å². The Bertz CT molecular complexity index is 373. The Kier molecular flexibility index (Phi) is 6.67. The predicted molar refractivity (Wildman–Crippen MR) is 64.8 cm³/mol. The van der Waals surface area contributed by atoms with Crippen LogP contribution in [0.2, 0.25) is 0 Å². The van der Waals surface area contributed by atoms with Crippen LogP contribution in [0.3, 0.4) is 0 Å². The topological polar surface area (TPSA) is 93.6 Å². The third-order valence-corrected chi connectivity index (χ3v) is 2.13. The van der Waals surface area contributed by atoms with Crippen molar-refractivity contribution in [2.75, 3.05) is 38.8 Å². The van der Waals surface area contributed by atoms with E-state index in [1.165, 1.54) is 12.5 Å². The van der Waals surface area contributed by atoms with Crippen LogP contribution in [0.4, 0.5) is 5.82 Å². The Morgan fingerprint density at radius 1 is 1.44 bits per heavy atom. The monoisotopic (exact) mass is 255 g/mol. The minimum absolute atomic E-state index is 0.0674. The maximum absolute atomic E-state index is 10.9. The molecule has 0 bridgehead atoms. The van der Waals surface area contributed by atoms with Crippen LogP contribution in [0.1, 0.15) is 16.8 Å². The fourth-order valence-electron chi connectivity index (χ4n) is 1.25. The average Bonchev–Trinajstić information content (AvgIpc) is 2.38. The Labute approximate surface area is 105 Å². The molecule has 0 aromatic carbocycles. The van der Waals surface area contributed by atoms with Crippen LogP contribution in [0.15, 0.2) is 12.5 Å². The standard InChI is InChI=1S/C11H17N3O4/c1-17-5-6-18-4-2-3-13-10-9(11(15)16)7-12-8-14-10/h7-8H,2-6H2,1H3,(H,15,16)(H,12,13,14). The Morgan fingerprint density at radius 2 is 2.28 bits per heavy atom. The van der Waals surface area contributed by atoms with Gasteiger partial charge in [-0.1, -0.05) is 0 Å². The SMILES string of the molecule is COCCOCCCNc1ncncc1C(=O)O. The van der Waals surface area contributed by atoms with Gasteiger partial charge >= 0.3 is 5.97 Å². The number of aromatic nitrogens is 2. The van der Waals surface area contributed by atoms with Gasteiger partial charge in [0.15, 0.2) is 0 Å². The number of anilines is 1. The van der Waals surface area contributed by atoms with Gasteiger partial charge in [0, 0.05) is 26.5 Å². The van der Waals surface area contributed by atoms with E-state index < -0.39 is 5.97 Å². The summed E-state index contributed by atoms with van der Waals surface area (Å²) in [7, 11) is 1.62. The number of nitrogens with zero attached hydrogens (tertiary/aromatic N) is 2. The van der Waals surface area contributed by atoms with E-state index in [4.69, 9.17) is 14.6 Å². The lowest BCUT2D eigenvalue weighted by atomic mass is 10.3. The largest absolute Gasteiger partial charge is 0.477 e. The molecule has 1 aromatic heterocycles. The third-order valence-electron chi connectivity index (χ3n) is 2.13. The number of aromatic carboxylic acids is 1. The lowest BCUT2D eigenvalue weighted by Gasteiger charge is -2.07. The highest BCUT2D eigenvalue weighted by atomic mass is 16.5. The quantitative estimate of drug-likeness (QED) is 0.625. The minimum Gasteiger partial charge on any atom is -0.477 e. The second-order valence-corrected chi connectivity index (χ2v) is 3.48. The molecule has 0 saturated heterocycles. The number of carbonyl (C=O) groups is 1. The first kappa shape index (κ1) is 14.3. The number of rotatable bonds is 9. The molecule has 0 fully saturated rings. The number of carboxylic acids is 1. The van der Waals surface area contributed by atoms with Gasteiger partial charge in [-0.05, 0) is 6.42 Å². The van der Waals surface area contributed by atoms with E-state index in [0.29, 0.717) is 32.2 Å². The molecule has 0 aliphatic carbocycles. The zero-order valence-corrected chi connectivity index (χ0v) is 10.3. The summed E-state index contributed by atoms with van der Waals surface area (Å²) in [4.78, 5) is 18.4. The fraction of sp³-hybridized carbons (Fsp3) is 0.545. The van der Waals surface area contributed by atoms with Crippen molar-refractivity contribution in [3.63, 3.8) is 0 Å². The summed E-state index contributed by atoms with van der Waals surface area (Å²) in [5, 5.41) is 11.8. The third kappa shape index (κ3) is 5.07. The summed E-state index contributed by atoms with van der Waals surface area (Å²) in [6, 6.07) is 0. The molecule has 7 nitrogen and oxygen atoms in total. The highest BCUT2D eigenvalue weighted by Gasteiger charge is 2.10. The van der Waals surface area contributed by atoms with Crippen LogP contribution in [0, 0.1) is 0 Å². The number of nitrogens with one attached hydrogen (secondary N) is 1. The van der Waals surface area contributed by atoms with Gasteiger partial charge in [0.1, 0.15) is 17.7 Å². The molecule has 0 aliphatic heterocycles. The van der Waals surface area contributed by atoms with E-state index in [0.717, 1.165) is 6.42 Å². The van der Waals surface area contributed by atoms with Gasteiger partial charge in [0.2, 0.25) is 0 Å². The molecule has 0 spiro atoms. The van der Waals surface area contributed by atoms with Crippen molar-refractivity contribution in [2.45, 2.75) is 6.42 Å². The van der Waals surface area contributed by atoms with Crippen LogP contribution in [-0.4, -0.2) is 54.5 Å². The van der Waals surface area contributed by atoms with Gasteiger partial charge < -0.3 is 19.9 Å². The maximum atomic E-state index is 10.9. The van der Waals surface area contributed by atoms with Crippen molar-refractivity contribution < 1.29 is 19.4 Å². The van der Waals surface area contributed by atoms with Crippen molar-refractivity contribution in [3.05, 3.63) is 18.1 Å². The molecule has 0 radical (unpaired) electrons. The number of hydrogen-bond donors (Lipinski definition) is 2. The summed E-state index contributed by atoms with van der Waals surface area (Å²) in [6.45, 7) is 2.31. The summed E-state index contributed by atoms with van der Waals surface area (Å²) in [6.07, 6.45) is 3.34. The van der Waals surface area contributed by atoms with Crippen LogP contribution in [0.5, 0.6) is 0 Å². The highest BCUT2D eigenvalue weighted by Crippen LogP contribution is 2.09. The summed E-state index contributed by atoms with van der Waals surface area (Å²) < 4.78 is 10.1. The zero-order valence-electron chi connectivity index (χ0n) is 10.3. The Balaban J connectivity index is 2.25. The molecular formula is C11H17N3O4. The number of methoxy groups -OCH3 is 1. The van der Waals surface area contributed by atoms with Gasteiger partial charge in [0.25, 0.3) is 0 Å². The molecule has 7 heteroatoms. The lowest BCUT2D eigenvalue weighted by molar-refractivity contribution is 0.0696. The van der Waals surface area contributed by atoms with E-state index in [9.17, 15) is 4.79 Å². The highest BCUT2D eigenvalue weighted by molar-refractivity contribution is 5.92. The zero-order chi connectivity index (χ0) is 13.2. The predicted octanol–water partition coefficient (Wildman–Crippen LogP) is 0.640. The van der Waals surface area contributed by atoms with Crippen molar-refractivity contribution in [1.82, 2.24) is 9.97 Å². The van der Waals surface area contributed by atoms with Gasteiger partial charge in [-0.15, -0.1) is 0 Å². The first-order valence-corrected chi connectivity index (χ1v) is 5.59. The average molecular weight is 255 g/mol. The van der Waals surface area contributed by atoms with Crippen molar-refractivity contribution >= 4 is 11.8 Å². The molecule has 1 aromatic rings. The number of carboxylic acid groups (broad SMARTS) is 1. The van der Waals surface area contributed by atoms with Gasteiger partial charge in [-0.2, -0.15) is 0 Å². The molecule has 0 amide bonds. The molecule has 100 valence electrons. The Hall–Kier alpha value is -1.73. The second-order valence-electron chi connectivity index (χ2n) is 3.48. The molecule has 0 unspecified atom stereocenters. The molecule has 0 aliphatic rings. The molecule has 1 rings (SSSR count). The first-order chi connectivity index (χ1) is 8.75. The van der Waals surface area contributed by atoms with Crippen LogP contribution >= 0.6 is 0 Å². The fourth-order valence-corrected chi connectivity index (χ4v) is 1.25. The Morgan fingerprint density at radius 3 is 3.00 bits per heavy atom. The molecule has 1 heterocycles. The summed E-state index contributed by atoms with van der Waals surface area (Å²) in [5.41, 5.74) is 0.0674.